The highest BCUT2D eigenvalue weighted by molar-refractivity contribution is 5.97. The van der Waals surface area contributed by atoms with E-state index >= 15 is 0 Å². The van der Waals surface area contributed by atoms with Crippen LogP contribution in [0.5, 0.6) is 5.75 Å². The zero-order chi connectivity index (χ0) is 18.6. The van der Waals surface area contributed by atoms with Crippen molar-refractivity contribution in [3.05, 3.63) is 47.1 Å². The van der Waals surface area contributed by atoms with Crippen LogP contribution in [0.15, 0.2) is 30.4 Å². The van der Waals surface area contributed by atoms with Crippen LogP contribution >= 0.6 is 0 Å². The largest absolute Gasteiger partial charge is 0.507 e. The monoisotopic (exact) mass is 346 g/mol. The number of carbonyl (C=O) groups excluding carboxylic acids is 2. The van der Waals surface area contributed by atoms with E-state index in [1.165, 1.54) is 24.3 Å². The van der Waals surface area contributed by atoms with Gasteiger partial charge in [-0.25, -0.2) is 4.79 Å². The SMILES string of the molecule is Cc1cc(O)c2c(c1)/C=C/C[C@H](O)C(O)C(=O)/C=C\C[C@H](C)OC2=O. The van der Waals surface area contributed by atoms with Crippen molar-refractivity contribution in [1.82, 2.24) is 0 Å². The van der Waals surface area contributed by atoms with Gasteiger partial charge < -0.3 is 20.1 Å². The third-order valence-electron chi connectivity index (χ3n) is 3.89. The summed E-state index contributed by atoms with van der Waals surface area (Å²) in [4.78, 5) is 24.2. The summed E-state index contributed by atoms with van der Waals surface area (Å²) in [5.41, 5.74) is 1.23. The lowest BCUT2D eigenvalue weighted by molar-refractivity contribution is -0.127. The number of phenols is 1. The lowest BCUT2D eigenvalue weighted by Crippen LogP contribution is -2.32. The van der Waals surface area contributed by atoms with Crippen LogP contribution in [-0.4, -0.2) is 45.4 Å². The van der Waals surface area contributed by atoms with Crippen molar-refractivity contribution in [2.45, 2.75) is 45.0 Å². The van der Waals surface area contributed by atoms with Gasteiger partial charge >= 0.3 is 5.97 Å². The zero-order valence-corrected chi connectivity index (χ0v) is 14.2. The van der Waals surface area contributed by atoms with Crippen LogP contribution in [0.1, 0.15) is 41.3 Å². The number of hydrogen-bond acceptors (Lipinski definition) is 6. The molecule has 25 heavy (non-hydrogen) atoms. The number of aryl methyl sites for hydroxylation is 1. The minimum absolute atomic E-state index is 0.0142. The maximum absolute atomic E-state index is 12.4. The normalized spacial score (nSPS) is 27.8. The number of aliphatic hydroxyl groups excluding tert-OH is 2. The highest BCUT2D eigenvalue weighted by atomic mass is 16.5. The molecule has 6 heteroatoms. The second-order valence-electron chi connectivity index (χ2n) is 6.15. The van der Waals surface area contributed by atoms with Crippen LogP contribution in [0.2, 0.25) is 0 Å². The molecule has 1 aromatic carbocycles. The third-order valence-corrected chi connectivity index (χ3v) is 3.89. The Hall–Kier alpha value is -2.44. The van der Waals surface area contributed by atoms with Crippen molar-refractivity contribution in [1.29, 1.82) is 0 Å². The van der Waals surface area contributed by atoms with Crippen LogP contribution in [-0.2, 0) is 9.53 Å². The molecule has 2 rings (SSSR count). The Bertz CT molecular complexity index is 719. The summed E-state index contributed by atoms with van der Waals surface area (Å²) in [5, 5.41) is 29.9. The number of aliphatic hydroxyl groups is 2. The van der Waals surface area contributed by atoms with Crippen LogP contribution < -0.4 is 0 Å². The molecule has 1 aromatic rings. The van der Waals surface area contributed by atoms with E-state index in [4.69, 9.17) is 4.74 Å². The Kier molecular flexibility index (Phi) is 6.12. The highest BCUT2D eigenvalue weighted by Gasteiger charge is 2.23. The standard InChI is InChI=1S/C19H22O6/c1-11-9-13-6-4-8-15(21)18(23)14(20)7-3-5-12(2)25-19(24)17(13)16(22)10-11/h3-4,6-7,9-10,12,15,18,21-23H,5,8H2,1-2H3/b6-4+,7-3-/t12-,15-,18?/m0/s1. The van der Waals surface area contributed by atoms with Crippen molar-refractivity contribution >= 4 is 17.8 Å². The number of phenolic OH excluding ortho intramolecular Hbond substituents is 1. The molecule has 1 aliphatic rings. The van der Waals surface area contributed by atoms with Crippen molar-refractivity contribution in [2.24, 2.45) is 0 Å². The van der Waals surface area contributed by atoms with E-state index in [1.807, 2.05) is 0 Å². The summed E-state index contributed by atoms with van der Waals surface area (Å²) in [6, 6.07) is 3.18. The quantitative estimate of drug-likeness (QED) is 0.620. The average Bonchev–Trinajstić information content (AvgIpc) is 2.52. The lowest BCUT2D eigenvalue weighted by atomic mass is 10.0. The van der Waals surface area contributed by atoms with Gasteiger partial charge in [-0.15, -0.1) is 0 Å². The van der Waals surface area contributed by atoms with Gasteiger partial charge in [0.1, 0.15) is 23.5 Å². The summed E-state index contributed by atoms with van der Waals surface area (Å²) >= 11 is 0. The van der Waals surface area contributed by atoms with E-state index in [2.05, 4.69) is 0 Å². The number of rotatable bonds is 0. The van der Waals surface area contributed by atoms with E-state index in [0.717, 1.165) is 5.56 Å². The van der Waals surface area contributed by atoms with Gasteiger partial charge in [0.05, 0.1) is 6.10 Å². The molecule has 3 N–H and O–H groups in total. The number of benzene rings is 1. The number of ether oxygens (including phenoxy) is 1. The summed E-state index contributed by atoms with van der Waals surface area (Å²) in [6.07, 6.45) is 2.70. The molecule has 0 aliphatic carbocycles. The first-order valence-electron chi connectivity index (χ1n) is 8.07. The summed E-state index contributed by atoms with van der Waals surface area (Å²) < 4.78 is 5.32. The molecule has 3 atom stereocenters. The molecule has 0 spiro atoms. The lowest BCUT2D eigenvalue weighted by Gasteiger charge is -2.16. The molecule has 1 aliphatic heterocycles. The summed E-state index contributed by atoms with van der Waals surface area (Å²) in [6.45, 7) is 3.43. The van der Waals surface area contributed by atoms with Gasteiger partial charge in [0, 0.05) is 6.42 Å². The molecule has 0 fully saturated rings. The first-order chi connectivity index (χ1) is 11.8. The van der Waals surface area contributed by atoms with Gasteiger partial charge in [0.2, 0.25) is 0 Å². The molecule has 1 heterocycles. The Labute approximate surface area is 146 Å². The molecule has 0 radical (unpaired) electrons. The van der Waals surface area contributed by atoms with Crippen molar-refractivity contribution in [3.8, 4) is 5.75 Å². The Morgan fingerprint density at radius 3 is 2.48 bits per heavy atom. The molecule has 6 nitrogen and oxygen atoms in total. The van der Waals surface area contributed by atoms with Crippen LogP contribution in [0.3, 0.4) is 0 Å². The predicted octanol–water partition coefficient (Wildman–Crippen LogP) is 1.90. The van der Waals surface area contributed by atoms with Gasteiger partial charge in [-0.1, -0.05) is 24.3 Å². The van der Waals surface area contributed by atoms with Crippen molar-refractivity contribution < 1.29 is 29.6 Å². The predicted molar refractivity (Wildman–Crippen MR) is 92.1 cm³/mol. The molecule has 1 unspecified atom stereocenters. The fraction of sp³-hybridized carbons (Fsp3) is 0.368. The maximum atomic E-state index is 12.4. The molecule has 0 bridgehead atoms. The van der Waals surface area contributed by atoms with Gasteiger partial charge in [-0.3, -0.25) is 4.79 Å². The molecule has 0 aromatic heterocycles. The van der Waals surface area contributed by atoms with Crippen molar-refractivity contribution in [2.75, 3.05) is 0 Å². The first kappa shape index (κ1) is 18.9. The molecular weight excluding hydrogens is 324 g/mol. The van der Waals surface area contributed by atoms with E-state index in [9.17, 15) is 24.9 Å². The number of cyclic esters (lactones) is 1. The Morgan fingerprint density at radius 2 is 1.76 bits per heavy atom. The number of hydrogen-bond donors (Lipinski definition) is 3. The molecular formula is C19H22O6. The third kappa shape index (κ3) is 4.78. The minimum atomic E-state index is -1.52. The van der Waals surface area contributed by atoms with Crippen LogP contribution in [0.4, 0.5) is 0 Å². The van der Waals surface area contributed by atoms with E-state index in [-0.39, 0.29) is 24.2 Å². The van der Waals surface area contributed by atoms with Crippen molar-refractivity contribution in [3.63, 3.8) is 0 Å². The zero-order valence-electron chi connectivity index (χ0n) is 14.2. The molecule has 0 saturated heterocycles. The fourth-order valence-electron chi connectivity index (χ4n) is 2.57. The Balaban J connectivity index is 2.43. The van der Waals surface area contributed by atoms with Gasteiger partial charge in [0.25, 0.3) is 0 Å². The number of esters is 1. The molecule has 134 valence electrons. The maximum Gasteiger partial charge on any atom is 0.342 e. The van der Waals surface area contributed by atoms with E-state index < -0.39 is 30.1 Å². The van der Waals surface area contributed by atoms with Crippen LogP contribution in [0.25, 0.3) is 6.08 Å². The number of fused-ring (bicyclic) bond motifs is 1. The van der Waals surface area contributed by atoms with Gasteiger partial charge in [0.15, 0.2) is 5.78 Å². The summed E-state index contributed by atoms with van der Waals surface area (Å²) in [7, 11) is 0. The number of ketones is 1. The average molecular weight is 346 g/mol. The van der Waals surface area contributed by atoms with E-state index in [0.29, 0.717) is 5.56 Å². The second-order valence-corrected chi connectivity index (χ2v) is 6.15. The summed E-state index contributed by atoms with van der Waals surface area (Å²) in [5.74, 6) is -1.46. The smallest absolute Gasteiger partial charge is 0.342 e. The molecule has 0 saturated carbocycles. The topological polar surface area (TPSA) is 104 Å². The second kappa shape index (κ2) is 8.09. The fourth-order valence-corrected chi connectivity index (χ4v) is 2.57. The van der Waals surface area contributed by atoms with Gasteiger partial charge in [-0.2, -0.15) is 0 Å². The van der Waals surface area contributed by atoms with E-state index in [1.54, 1.807) is 26.0 Å². The van der Waals surface area contributed by atoms with Gasteiger partial charge in [-0.05, 0) is 43.5 Å². The first-order valence-corrected chi connectivity index (χ1v) is 8.07. The Morgan fingerprint density at radius 1 is 1.08 bits per heavy atom. The number of carbonyl (C=O) groups is 2. The number of aromatic hydroxyl groups is 1. The minimum Gasteiger partial charge on any atom is -0.507 e. The van der Waals surface area contributed by atoms with Crippen LogP contribution in [0, 0.1) is 6.92 Å². The highest BCUT2D eigenvalue weighted by Crippen LogP contribution is 2.26. The molecule has 0 amide bonds.